The van der Waals surface area contributed by atoms with Crippen LogP contribution in [0.2, 0.25) is 0 Å². The lowest BCUT2D eigenvalue weighted by Gasteiger charge is -2.08. The molecule has 0 saturated carbocycles. The zero-order valence-corrected chi connectivity index (χ0v) is 9.22. The maximum Gasteiger partial charge on any atom is 0.392 e. The summed E-state index contributed by atoms with van der Waals surface area (Å²) in [6.07, 6.45) is -5.40. The second-order valence-corrected chi connectivity index (χ2v) is 3.32. The van der Waals surface area contributed by atoms with Crippen LogP contribution < -0.4 is 4.74 Å². The molecule has 1 rings (SSSR count). The van der Waals surface area contributed by atoms with E-state index in [0.29, 0.717) is 0 Å². The molecule has 0 heterocycles. The van der Waals surface area contributed by atoms with Gasteiger partial charge in [-0.25, -0.2) is 4.39 Å². The minimum atomic E-state index is -4.30. The lowest BCUT2D eigenvalue weighted by Crippen LogP contribution is -2.13. The molecule has 1 aromatic carbocycles. The predicted molar refractivity (Wildman–Crippen MR) is 56.5 cm³/mol. The van der Waals surface area contributed by atoms with Crippen molar-refractivity contribution < 1.29 is 27.4 Å². The fourth-order valence-electron chi connectivity index (χ4n) is 1.11. The SMILES string of the molecule is OCC#Cc1ccc(OCCC(F)(F)F)cc1F. The van der Waals surface area contributed by atoms with Crippen LogP contribution in [0.5, 0.6) is 5.75 Å². The zero-order valence-electron chi connectivity index (χ0n) is 9.22. The Kier molecular flexibility index (Phi) is 4.98. The van der Waals surface area contributed by atoms with Crippen LogP contribution in [0, 0.1) is 17.7 Å². The summed E-state index contributed by atoms with van der Waals surface area (Å²) >= 11 is 0. The molecule has 0 saturated heterocycles. The van der Waals surface area contributed by atoms with E-state index in [1.54, 1.807) is 0 Å². The number of benzene rings is 1. The molecule has 0 amide bonds. The molecule has 0 unspecified atom stereocenters. The van der Waals surface area contributed by atoms with Gasteiger partial charge in [0, 0.05) is 6.07 Å². The molecule has 18 heavy (non-hydrogen) atoms. The van der Waals surface area contributed by atoms with E-state index < -0.39 is 31.6 Å². The summed E-state index contributed by atoms with van der Waals surface area (Å²) in [4.78, 5) is 0. The molecule has 0 atom stereocenters. The number of ether oxygens (including phenoxy) is 1. The molecule has 1 N–H and O–H groups in total. The Morgan fingerprint density at radius 1 is 1.28 bits per heavy atom. The van der Waals surface area contributed by atoms with Gasteiger partial charge in [-0.1, -0.05) is 11.8 Å². The summed E-state index contributed by atoms with van der Waals surface area (Å²) in [6, 6.07) is 3.56. The lowest BCUT2D eigenvalue weighted by atomic mass is 10.2. The van der Waals surface area contributed by atoms with Crippen molar-refractivity contribution in [1.82, 2.24) is 0 Å². The highest BCUT2D eigenvalue weighted by molar-refractivity contribution is 5.39. The third kappa shape index (κ3) is 5.06. The third-order valence-corrected chi connectivity index (χ3v) is 1.90. The summed E-state index contributed by atoms with van der Waals surface area (Å²) in [5.41, 5.74) is 0.0484. The van der Waals surface area contributed by atoms with Crippen LogP contribution in [0.3, 0.4) is 0 Å². The third-order valence-electron chi connectivity index (χ3n) is 1.90. The predicted octanol–water partition coefficient (Wildman–Crippen LogP) is 2.50. The van der Waals surface area contributed by atoms with Crippen molar-refractivity contribution in [3.05, 3.63) is 29.6 Å². The van der Waals surface area contributed by atoms with Crippen LogP contribution in [-0.2, 0) is 0 Å². The molecule has 0 bridgehead atoms. The number of hydrogen-bond acceptors (Lipinski definition) is 2. The molecule has 1 aromatic rings. The second kappa shape index (κ2) is 6.26. The van der Waals surface area contributed by atoms with Gasteiger partial charge in [0.05, 0.1) is 18.6 Å². The van der Waals surface area contributed by atoms with Crippen molar-refractivity contribution in [3.8, 4) is 17.6 Å². The first-order valence-corrected chi connectivity index (χ1v) is 5.01. The molecule has 0 spiro atoms. The average Bonchev–Trinajstić information content (AvgIpc) is 2.26. The molecule has 2 nitrogen and oxygen atoms in total. The number of aliphatic hydroxyl groups is 1. The number of halogens is 4. The fourth-order valence-corrected chi connectivity index (χ4v) is 1.11. The van der Waals surface area contributed by atoms with Crippen molar-refractivity contribution in [3.63, 3.8) is 0 Å². The maximum absolute atomic E-state index is 13.3. The van der Waals surface area contributed by atoms with Gasteiger partial charge in [-0.2, -0.15) is 13.2 Å². The van der Waals surface area contributed by atoms with Gasteiger partial charge in [-0.3, -0.25) is 0 Å². The normalized spacial score (nSPS) is 10.7. The topological polar surface area (TPSA) is 29.5 Å². The molecular formula is C12H10F4O2. The average molecular weight is 262 g/mol. The minimum Gasteiger partial charge on any atom is -0.493 e. The fraction of sp³-hybridized carbons (Fsp3) is 0.333. The molecule has 6 heteroatoms. The summed E-state index contributed by atoms with van der Waals surface area (Å²) < 4.78 is 53.6. The molecule has 0 radical (unpaired) electrons. The Morgan fingerprint density at radius 3 is 2.56 bits per heavy atom. The van der Waals surface area contributed by atoms with Crippen molar-refractivity contribution in [1.29, 1.82) is 0 Å². The van der Waals surface area contributed by atoms with E-state index in [-0.39, 0.29) is 11.3 Å². The van der Waals surface area contributed by atoms with E-state index in [1.165, 1.54) is 12.1 Å². The van der Waals surface area contributed by atoms with Crippen molar-refractivity contribution >= 4 is 0 Å². The van der Waals surface area contributed by atoms with Gasteiger partial charge in [0.15, 0.2) is 0 Å². The van der Waals surface area contributed by atoms with Crippen LogP contribution in [0.15, 0.2) is 18.2 Å². The van der Waals surface area contributed by atoms with Gasteiger partial charge in [0.1, 0.15) is 18.2 Å². The molecule has 0 aromatic heterocycles. The lowest BCUT2D eigenvalue weighted by molar-refractivity contribution is -0.139. The first kappa shape index (κ1) is 14.3. The zero-order chi connectivity index (χ0) is 13.6. The molecule has 0 aliphatic heterocycles. The van der Waals surface area contributed by atoms with Gasteiger partial charge in [-0.05, 0) is 12.1 Å². The van der Waals surface area contributed by atoms with Crippen LogP contribution in [0.4, 0.5) is 17.6 Å². The van der Waals surface area contributed by atoms with E-state index in [1.807, 2.05) is 0 Å². The van der Waals surface area contributed by atoms with Crippen LogP contribution in [0.25, 0.3) is 0 Å². The van der Waals surface area contributed by atoms with E-state index in [4.69, 9.17) is 9.84 Å². The standard InChI is InChI=1S/C12H10F4O2/c13-11-8-10(18-7-5-12(14,15)16)4-3-9(11)2-1-6-17/h3-4,8,17H,5-7H2. The Labute approximate surface area is 101 Å². The van der Waals surface area contributed by atoms with E-state index in [0.717, 1.165) is 6.07 Å². The number of hydrogen-bond donors (Lipinski definition) is 1. The van der Waals surface area contributed by atoms with Gasteiger partial charge in [-0.15, -0.1) is 0 Å². The monoisotopic (exact) mass is 262 g/mol. The van der Waals surface area contributed by atoms with Crippen molar-refractivity contribution in [2.75, 3.05) is 13.2 Å². The second-order valence-electron chi connectivity index (χ2n) is 3.32. The Bertz CT molecular complexity index is 457. The van der Waals surface area contributed by atoms with Gasteiger partial charge in [0.25, 0.3) is 0 Å². The number of aliphatic hydroxyl groups excluding tert-OH is 1. The highest BCUT2D eigenvalue weighted by atomic mass is 19.4. The first-order chi connectivity index (χ1) is 8.42. The van der Waals surface area contributed by atoms with Crippen LogP contribution in [-0.4, -0.2) is 24.5 Å². The smallest absolute Gasteiger partial charge is 0.392 e. The van der Waals surface area contributed by atoms with E-state index in [9.17, 15) is 17.6 Å². The Hall–Kier alpha value is -1.74. The van der Waals surface area contributed by atoms with E-state index >= 15 is 0 Å². The summed E-state index contributed by atoms with van der Waals surface area (Å²) in [7, 11) is 0. The molecule has 0 aliphatic carbocycles. The van der Waals surface area contributed by atoms with Crippen LogP contribution in [0.1, 0.15) is 12.0 Å². The van der Waals surface area contributed by atoms with Crippen molar-refractivity contribution in [2.45, 2.75) is 12.6 Å². The molecular weight excluding hydrogens is 252 g/mol. The molecule has 0 fully saturated rings. The van der Waals surface area contributed by atoms with Crippen LogP contribution >= 0.6 is 0 Å². The minimum absolute atomic E-state index is 0.00583. The Balaban J connectivity index is 2.62. The summed E-state index contributed by atoms with van der Waals surface area (Å²) in [6.45, 7) is -0.964. The highest BCUT2D eigenvalue weighted by Gasteiger charge is 2.26. The molecule has 0 aliphatic rings. The quantitative estimate of drug-likeness (QED) is 0.670. The maximum atomic E-state index is 13.3. The number of rotatable bonds is 3. The largest absolute Gasteiger partial charge is 0.493 e. The first-order valence-electron chi connectivity index (χ1n) is 5.01. The highest BCUT2D eigenvalue weighted by Crippen LogP contribution is 2.21. The van der Waals surface area contributed by atoms with Gasteiger partial charge >= 0.3 is 6.18 Å². The van der Waals surface area contributed by atoms with E-state index in [2.05, 4.69) is 11.8 Å². The summed E-state index contributed by atoms with van der Waals surface area (Å²) in [5, 5.41) is 8.44. The Morgan fingerprint density at radius 2 is 2.00 bits per heavy atom. The van der Waals surface area contributed by atoms with Gasteiger partial charge < -0.3 is 9.84 Å². The molecule has 98 valence electrons. The number of alkyl halides is 3. The summed E-state index contributed by atoms with van der Waals surface area (Å²) in [5.74, 6) is 3.92. The van der Waals surface area contributed by atoms with Crippen molar-refractivity contribution in [2.24, 2.45) is 0 Å². The van der Waals surface area contributed by atoms with Gasteiger partial charge in [0.2, 0.25) is 0 Å².